The summed E-state index contributed by atoms with van der Waals surface area (Å²) in [5, 5.41) is 8.36. The number of amides is 4. The highest BCUT2D eigenvalue weighted by Crippen LogP contribution is 2.32. The third kappa shape index (κ3) is 10.7. The van der Waals surface area contributed by atoms with Gasteiger partial charge in [-0.1, -0.05) is 51.0 Å². The molecule has 0 spiro atoms. The molecule has 0 aliphatic heterocycles. The smallest absolute Gasteiger partial charge is 0.412 e. The van der Waals surface area contributed by atoms with Gasteiger partial charge in [-0.25, -0.2) is 9.59 Å². The fourth-order valence-corrected chi connectivity index (χ4v) is 4.10. The average molecular weight is 583 g/mol. The quantitative estimate of drug-likeness (QED) is 0.242. The van der Waals surface area contributed by atoms with Gasteiger partial charge in [-0.2, -0.15) is 0 Å². The predicted octanol–water partition coefficient (Wildman–Crippen LogP) is 7.11. The van der Waals surface area contributed by atoms with Gasteiger partial charge in [0.1, 0.15) is 17.2 Å². The van der Waals surface area contributed by atoms with Gasteiger partial charge in [-0.15, -0.1) is 0 Å². The van der Waals surface area contributed by atoms with Crippen LogP contribution < -0.4 is 20.9 Å². The van der Waals surface area contributed by atoms with E-state index in [0.717, 1.165) is 12.8 Å². The van der Waals surface area contributed by atoms with Crippen molar-refractivity contribution in [2.75, 3.05) is 22.1 Å². The van der Waals surface area contributed by atoms with E-state index in [9.17, 15) is 19.2 Å². The Bertz CT molecular complexity index is 1230. The average Bonchev–Trinajstić information content (AvgIpc) is 2.87. The van der Waals surface area contributed by atoms with Crippen LogP contribution in [0.15, 0.2) is 48.5 Å². The largest absolute Gasteiger partial charge is 0.444 e. The van der Waals surface area contributed by atoms with Gasteiger partial charge >= 0.3 is 12.2 Å². The van der Waals surface area contributed by atoms with Crippen LogP contribution in [0, 0.1) is 0 Å². The van der Waals surface area contributed by atoms with Crippen LogP contribution in [0.25, 0.3) is 0 Å². The summed E-state index contributed by atoms with van der Waals surface area (Å²) in [7, 11) is 0. The lowest BCUT2D eigenvalue weighted by Crippen LogP contribution is -2.50. The van der Waals surface area contributed by atoms with Crippen molar-refractivity contribution in [3.8, 4) is 0 Å². The summed E-state index contributed by atoms with van der Waals surface area (Å²) in [5.74, 6) is -0.854. The molecule has 0 aliphatic rings. The molecule has 10 nitrogen and oxygen atoms in total. The van der Waals surface area contributed by atoms with E-state index in [1.807, 2.05) is 13.8 Å². The van der Waals surface area contributed by atoms with Crippen molar-refractivity contribution in [1.29, 1.82) is 0 Å². The second kappa shape index (κ2) is 15.2. The lowest BCUT2D eigenvalue weighted by atomic mass is 10.0. The molecule has 1 unspecified atom stereocenters. The molecule has 4 amide bonds. The summed E-state index contributed by atoms with van der Waals surface area (Å²) >= 11 is 0. The molecule has 0 radical (unpaired) electrons. The molecule has 0 bridgehead atoms. The second-order valence-electron chi connectivity index (χ2n) is 11.9. The Balaban J connectivity index is 2.65. The molecule has 0 saturated carbocycles. The molecule has 230 valence electrons. The van der Waals surface area contributed by atoms with Crippen LogP contribution in [0.2, 0.25) is 0 Å². The number of nitrogens with zero attached hydrogens (tertiary/aromatic N) is 1. The second-order valence-corrected chi connectivity index (χ2v) is 11.9. The molecule has 3 N–H and O–H groups in total. The number of unbranched alkanes of at least 4 members (excludes halogenated alkanes) is 1. The van der Waals surface area contributed by atoms with Crippen molar-refractivity contribution in [3.63, 3.8) is 0 Å². The molecule has 0 heterocycles. The maximum absolute atomic E-state index is 14.5. The van der Waals surface area contributed by atoms with E-state index in [2.05, 4.69) is 16.0 Å². The van der Waals surface area contributed by atoms with Crippen LogP contribution in [-0.4, -0.2) is 47.8 Å². The van der Waals surface area contributed by atoms with Crippen LogP contribution in [0.1, 0.15) is 91.4 Å². The molecule has 0 aliphatic carbocycles. The van der Waals surface area contributed by atoms with E-state index in [1.165, 1.54) is 4.90 Å². The molecule has 0 aromatic heterocycles. The molecule has 2 aromatic carbocycles. The summed E-state index contributed by atoms with van der Waals surface area (Å²) in [6, 6.07) is 12.4. The zero-order valence-electron chi connectivity index (χ0n) is 26.1. The number of hydrogen-bond donors (Lipinski definition) is 3. The SMILES string of the molecule is CCCCNC(=O)C(CCC)N(C(=O)c1ccccc1NC(=O)OC(C)(C)C)c1ccccc1NC(=O)OC(C)(C)C. The van der Waals surface area contributed by atoms with Crippen molar-refractivity contribution < 1.29 is 28.7 Å². The summed E-state index contributed by atoms with van der Waals surface area (Å²) in [4.78, 5) is 54.8. The monoisotopic (exact) mass is 582 g/mol. The minimum Gasteiger partial charge on any atom is -0.444 e. The maximum atomic E-state index is 14.5. The normalized spacial score (nSPS) is 12.1. The third-order valence-electron chi connectivity index (χ3n) is 5.82. The van der Waals surface area contributed by atoms with Gasteiger partial charge in [0, 0.05) is 6.54 Å². The number of carbonyl (C=O) groups excluding carboxylic acids is 4. The van der Waals surface area contributed by atoms with E-state index in [4.69, 9.17) is 9.47 Å². The van der Waals surface area contributed by atoms with Gasteiger partial charge in [0.2, 0.25) is 5.91 Å². The Morgan fingerprint density at radius 2 is 1.29 bits per heavy atom. The van der Waals surface area contributed by atoms with E-state index in [-0.39, 0.29) is 17.2 Å². The Labute approximate surface area is 249 Å². The molecule has 0 saturated heterocycles. The predicted molar refractivity (Wildman–Crippen MR) is 166 cm³/mol. The third-order valence-corrected chi connectivity index (χ3v) is 5.82. The van der Waals surface area contributed by atoms with Gasteiger partial charge in [0.15, 0.2) is 0 Å². The van der Waals surface area contributed by atoms with Crippen LogP contribution in [0.5, 0.6) is 0 Å². The van der Waals surface area contributed by atoms with Gasteiger partial charge in [-0.05, 0) is 78.6 Å². The topological polar surface area (TPSA) is 126 Å². The number of nitrogens with one attached hydrogen (secondary N) is 3. The van der Waals surface area contributed by atoms with Gasteiger partial charge in [0.05, 0.1) is 22.6 Å². The molecular formula is C32H46N4O6. The highest BCUT2D eigenvalue weighted by atomic mass is 16.6. The molecule has 42 heavy (non-hydrogen) atoms. The fourth-order valence-electron chi connectivity index (χ4n) is 4.10. The van der Waals surface area contributed by atoms with Gasteiger partial charge in [0.25, 0.3) is 5.91 Å². The summed E-state index contributed by atoms with van der Waals surface area (Å²) in [6.07, 6.45) is 1.23. The summed E-state index contributed by atoms with van der Waals surface area (Å²) in [6.45, 7) is 14.9. The molecule has 0 fully saturated rings. The molecule has 1 atom stereocenters. The maximum Gasteiger partial charge on any atom is 0.412 e. The summed E-state index contributed by atoms with van der Waals surface area (Å²) < 4.78 is 10.9. The number of anilines is 3. The van der Waals surface area contributed by atoms with E-state index in [0.29, 0.717) is 30.8 Å². The van der Waals surface area contributed by atoms with Gasteiger partial charge in [-0.3, -0.25) is 25.1 Å². The first-order valence-corrected chi connectivity index (χ1v) is 14.5. The van der Waals surface area contributed by atoms with E-state index >= 15 is 0 Å². The number of rotatable bonds is 11. The minimum absolute atomic E-state index is 0.151. The number of carbonyl (C=O) groups is 4. The van der Waals surface area contributed by atoms with Crippen LogP contribution in [0.3, 0.4) is 0 Å². The van der Waals surface area contributed by atoms with Crippen molar-refractivity contribution in [1.82, 2.24) is 5.32 Å². The molecule has 10 heteroatoms. The Hall–Kier alpha value is -4.08. The van der Waals surface area contributed by atoms with E-state index in [1.54, 1.807) is 90.1 Å². The molecule has 2 aromatic rings. The van der Waals surface area contributed by atoms with Crippen LogP contribution in [-0.2, 0) is 14.3 Å². The van der Waals surface area contributed by atoms with E-state index < -0.39 is 35.3 Å². The molecule has 2 rings (SSSR count). The first kappa shape index (κ1) is 34.1. The first-order valence-electron chi connectivity index (χ1n) is 14.5. The number of benzene rings is 2. The van der Waals surface area contributed by atoms with Crippen molar-refractivity contribution in [3.05, 3.63) is 54.1 Å². The number of ether oxygens (including phenoxy) is 2. The Morgan fingerprint density at radius 3 is 1.83 bits per heavy atom. The Morgan fingerprint density at radius 1 is 0.762 bits per heavy atom. The lowest BCUT2D eigenvalue weighted by molar-refractivity contribution is -0.122. The Kier molecular flexibility index (Phi) is 12.4. The molecular weight excluding hydrogens is 536 g/mol. The van der Waals surface area contributed by atoms with Crippen molar-refractivity contribution in [2.24, 2.45) is 0 Å². The highest BCUT2D eigenvalue weighted by Gasteiger charge is 2.34. The van der Waals surface area contributed by atoms with Crippen molar-refractivity contribution >= 4 is 41.1 Å². The summed E-state index contributed by atoms with van der Waals surface area (Å²) in [5.41, 5.74) is -0.516. The zero-order chi connectivity index (χ0) is 31.5. The van der Waals surface area contributed by atoms with Crippen LogP contribution >= 0.6 is 0 Å². The number of hydrogen-bond acceptors (Lipinski definition) is 6. The minimum atomic E-state index is -0.907. The lowest BCUT2D eigenvalue weighted by Gasteiger charge is -2.33. The number of para-hydroxylation sites is 3. The zero-order valence-corrected chi connectivity index (χ0v) is 26.1. The highest BCUT2D eigenvalue weighted by molar-refractivity contribution is 6.15. The first-order chi connectivity index (χ1) is 19.7. The van der Waals surface area contributed by atoms with Gasteiger partial charge < -0.3 is 14.8 Å². The van der Waals surface area contributed by atoms with Crippen LogP contribution in [0.4, 0.5) is 26.7 Å². The standard InChI is InChI=1S/C32H46N4O6/c1-9-11-21-33-27(37)26(16-10-2)36(25-20-15-14-19-24(25)35-30(40)42-32(6,7)8)28(38)22-17-12-13-18-23(22)34-29(39)41-31(3,4)5/h12-15,17-20,26H,9-11,16,21H2,1-8H3,(H,33,37)(H,34,39)(H,35,40). The fraction of sp³-hybridized carbons (Fsp3) is 0.500. The van der Waals surface area contributed by atoms with Crippen molar-refractivity contribution in [2.45, 2.75) is 98.3 Å².